The second-order valence-electron chi connectivity index (χ2n) is 8.82. The number of amides is 1. The number of ether oxygens (including phenoxy) is 2. The number of aliphatic hydroxyl groups excluding tert-OH is 1. The van der Waals surface area contributed by atoms with E-state index in [1.165, 1.54) is 0 Å². The Morgan fingerprint density at radius 2 is 1.83 bits per heavy atom. The smallest absolute Gasteiger partial charge is 0.295 e. The third kappa shape index (κ3) is 5.53. The fourth-order valence-corrected chi connectivity index (χ4v) is 4.66. The number of rotatable bonds is 8. The zero-order chi connectivity index (χ0) is 24.9. The summed E-state index contributed by atoms with van der Waals surface area (Å²) in [6, 6.07) is 11.7. The molecule has 2 aromatic carbocycles. The molecule has 2 aliphatic rings. The van der Waals surface area contributed by atoms with E-state index >= 15 is 0 Å². The number of halogens is 1. The second-order valence-corrected chi connectivity index (χ2v) is 9.26. The molecular weight excluding hydrogens is 468 g/mol. The number of hydrogen-bond donors (Lipinski definition) is 1. The summed E-state index contributed by atoms with van der Waals surface area (Å²) in [5, 5.41) is 11.9. The lowest BCUT2D eigenvalue weighted by Gasteiger charge is -2.31. The lowest BCUT2D eigenvalue weighted by molar-refractivity contribution is -0.140. The van der Waals surface area contributed by atoms with Crippen molar-refractivity contribution in [2.75, 3.05) is 46.0 Å². The van der Waals surface area contributed by atoms with E-state index in [0.29, 0.717) is 49.2 Å². The van der Waals surface area contributed by atoms with Crippen molar-refractivity contribution >= 4 is 29.1 Å². The van der Waals surface area contributed by atoms with Crippen LogP contribution in [-0.4, -0.2) is 72.6 Å². The Hall–Kier alpha value is -2.87. The number of aliphatic hydroxyl groups is 1. The van der Waals surface area contributed by atoms with Crippen molar-refractivity contribution in [1.29, 1.82) is 0 Å². The number of carbonyl (C=O) groups is 2. The summed E-state index contributed by atoms with van der Waals surface area (Å²) < 4.78 is 11.1. The summed E-state index contributed by atoms with van der Waals surface area (Å²) in [6.45, 7) is 8.30. The monoisotopic (exact) mass is 498 g/mol. The maximum absolute atomic E-state index is 13.3. The highest BCUT2D eigenvalue weighted by Gasteiger charge is 2.46. The first kappa shape index (κ1) is 25.2. The van der Waals surface area contributed by atoms with E-state index in [1.807, 2.05) is 19.9 Å². The topological polar surface area (TPSA) is 79.3 Å². The maximum atomic E-state index is 13.3. The Bertz CT molecular complexity index is 1110. The Kier molecular flexibility index (Phi) is 8.11. The first-order valence-corrected chi connectivity index (χ1v) is 12.4. The van der Waals surface area contributed by atoms with Gasteiger partial charge in [-0.05, 0) is 54.8 Å². The van der Waals surface area contributed by atoms with Crippen LogP contribution in [0.5, 0.6) is 5.75 Å². The number of aryl methyl sites for hydroxylation is 1. The highest BCUT2D eigenvalue weighted by molar-refractivity contribution is 6.46. The van der Waals surface area contributed by atoms with Gasteiger partial charge in [-0.2, -0.15) is 0 Å². The molecule has 2 aliphatic heterocycles. The van der Waals surface area contributed by atoms with Crippen molar-refractivity contribution in [3.63, 3.8) is 0 Å². The van der Waals surface area contributed by atoms with Gasteiger partial charge in [0.2, 0.25) is 0 Å². The molecule has 2 saturated heterocycles. The summed E-state index contributed by atoms with van der Waals surface area (Å²) >= 11 is 6.10. The van der Waals surface area contributed by atoms with Gasteiger partial charge in [0.15, 0.2) is 0 Å². The molecule has 2 fully saturated rings. The fourth-order valence-electron chi connectivity index (χ4n) is 4.53. The van der Waals surface area contributed by atoms with E-state index in [9.17, 15) is 14.7 Å². The molecule has 0 radical (unpaired) electrons. The van der Waals surface area contributed by atoms with E-state index in [1.54, 1.807) is 41.3 Å². The van der Waals surface area contributed by atoms with Gasteiger partial charge in [-0.1, -0.05) is 30.7 Å². The highest BCUT2D eigenvalue weighted by Crippen LogP contribution is 2.40. The van der Waals surface area contributed by atoms with Gasteiger partial charge >= 0.3 is 0 Å². The normalized spacial score (nSPS) is 20.4. The lowest BCUT2D eigenvalue weighted by Crippen LogP contribution is -2.42. The molecule has 2 aromatic rings. The molecule has 0 spiro atoms. The number of morpholine rings is 1. The van der Waals surface area contributed by atoms with Gasteiger partial charge in [0, 0.05) is 36.8 Å². The SMILES string of the molecule is CCCOc1ccc(/C(O)=C2\C(=O)C(=O)N(CCN3CCOCC3)C2c2ccc(Cl)cc2)c(C)c1. The van der Waals surface area contributed by atoms with E-state index in [4.69, 9.17) is 21.1 Å². The van der Waals surface area contributed by atoms with Crippen LogP contribution in [0.25, 0.3) is 5.76 Å². The molecule has 35 heavy (non-hydrogen) atoms. The first-order valence-electron chi connectivity index (χ1n) is 12.0. The van der Waals surface area contributed by atoms with Crippen LogP contribution in [0.2, 0.25) is 5.02 Å². The summed E-state index contributed by atoms with van der Waals surface area (Å²) in [5.41, 5.74) is 2.06. The number of ketones is 1. The minimum absolute atomic E-state index is 0.0876. The molecule has 1 N–H and O–H groups in total. The molecule has 0 aliphatic carbocycles. The third-order valence-electron chi connectivity index (χ3n) is 6.41. The van der Waals surface area contributed by atoms with Gasteiger partial charge in [-0.25, -0.2) is 0 Å². The predicted molar refractivity (Wildman–Crippen MR) is 135 cm³/mol. The minimum atomic E-state index is -0.705. The largest absolute Gasteiger partial charge is 0.507 e. The Balaban J connectivity index is 1.71. The van der Waals surface area contributed by atoms with Crippen LogP contribution in [0, 0.1) is 6.92 Å². The standard InChI is InChI=1S/C27H31ClN2O5/c1-3-14-35-21-8-9-22(18(2)17-21)25(31)23-24(19-4-6-20(28)7-5-19)30(27(33)26(23)32)11-10-29-12-15-34-16-13-29/h4-9,17,24,31H,3,10-16H2,1-2H3/b25-23+. The Morgan fingerprint density at radius 1 is 1.11 bits per heavy atom. The Labute approximate surface area is 210 Å². The van der Waals surface area contributed by atoms with Crippen LogP contribution in [0.15, 0.2) is 48.0 Å². The van der Waals surface area contributed by atoms with Crippen LogP contribution in [0.1, 0.15) is 36.1 Å². The maximum Gasteiger partial charge on any atom is 0.295 e. The number of benzene rings is 2. The van der Waals surface area contributed by atoms with Gasteiger partial charge < -0.3 is 19.5 Å². The first-order chi connectivity index (χ1) is 16.9. The molecule has 0 bridgehead atoms. The van der Waals surface area contributed by atoms with Crippen LogP contribution >= 0.6 is 11.6 Å². The van der Waals surface area contributed by atoms with E-state index in [-0.39, 0.29) is 11.3 Å². The van der Waals surface area contributed by atoms with Gasteiger partial charge in [-0.3, -0.25) is 14.5 Å². The molecule has 0 aromatic heterocycles. The number of carbonyl (C=O) groups excluding carboxylic acids is 2. The molecule has 8 heteroatoms. The van der Waals surface area contributed by atoms with Crippen LogP contribution in [0.4, 0.5) is 0 Å². The summed E-state index contributed by atoms with van der Waals surface area (Å²) in [5.74, 6) is -0.784. The molecule has 186 valence electrons. The lowest BCUT2D eigenvalue weighted by atomic mass is 9.94. The molecule has 1 amide bonds. The molecule has 0 saturated carbocycles. The van der Waals surface area contributed by atoms with Gasteiger partial charge in [0.25, 0.3) is 11.7 Å². The number of likely N-dealkylation sites (tertiary alicyclic amines) is 1. The van der Waals surface area contributed by atoms with Gasteiger partial charge in [0.05, 0.1) is 31.4 Å². The number of nitrogens with zero attached hydrogens (tertiary/aromatic N) is 2. The zero-order valence-electron chi connectivity index (χ0n) is 20.1. The average Bonchev–Trinajstić information content (AvgIpc) is 3.12. The number of hydrogen-bond acceptors (Lipinski definition) is 6. The third-order valence-corrected chi connectivity index (χ3v) is 6.66. The zero-order valence-corrected chi connectivity index (χ0v) is 20.9. The average molecular weight is 499 g/mol. The molecule has 4 rings (SSSR count). The van der Waals surface area contributed by atoms with Crippen molar-refractivity contribution < 1.29 is 24.2 Å². The fraction of sp³-hybridized carbons (Fsp3) is 0.407. The minimum Gasteiger partial charge on any atom is -0.507 e. The number of Topliss-reactive ketones (excluding diaryl/α,β-unsaturated/α-hetero) is 1. The summed E-state index contributed by atoms with van der Waals surface area (Å²) in [7, 11) is 0. The van der Waals surface area contributed by atoms with Crippen molar-refractivity contribution in [2.45, 2.75) is 26.3 Å². The molecule has 7 nitrogen and oxygen atoms in total. The van der Waals surface area contributed by atoms with Crippen LogP contribution in [-0.2, 0) is 14.3 Å². The van der Waals surface area contributed by atoms with Crippen molar-refractivity contribution in [1.82, 2.24) is 9.80 Å². The van der Waals surface area contributed by atoms with Crippen molar-refractivity contribution in [2.24, 2.45) is 0 Å². The quantitative estimate of drug-likeness (QED) is 0.334. The second kappa shape index (κ2) is 11.2. The van der Waals surface area contributed by atoms with Gasteiger partial charge in [-0.15, -0.1) is 0 Å². The molecule has 1 atom stereocenters. The van der Waals surface area contributed by atoms with Crippen LogP contribution < -0.4 is 4.74 Å². The predicted octanol–water partition coefficient (Wildman–Crippen LogP) is 4.19. The van der Waals surface area contributed by atoms with E-state index in [0.717, 1.165) is 30.6 Å². The van der Waals surface area contributed by atoms with Crippen molar-refractivity contribution in [3.8, 4) is 5.75 Å². The van der Waals surface area contributed by atoms with Gasteiger partial charge in [0.1, 0.15) is 11.5 Å². The highest BCUT2D eigenvalue weighted by atomic mass is 35.5. The summed E-state index contributed by atoms with van der Waals surface area (Å²) in [6.07, 6.45) is 0.885. The van der Waals surface area contributed by atoms with E-state index < -0.39 is 17.7 Å². The van der Waals surface area contributed by atoms with Crippen LogP contribution in [0.3, 0.4) is 0 Å². The molecule has 1 unspecified atom stereocenters. The van der Waals surface area contributed by atoms with Crippen molar-refractivity contribution in [3.05, 3.63) is 69.8 Å². The van der Waals surface area contributed by atoms with E-state index in [2.05, 4.69) is 4.90 Å². The molecule has 2 heterocycles. The Morgan fingerprint density at radius 3 is 2.49 bits per heavy atom. The molecular formula is C27H31ClN2O5. The summed E-state index contributed by atoms with van der Waals surface area (Å²) in [4.78, 5) is 30.2.